The molecular weight excluding hydrogens is 236 g/mol. The maximum Gasteiger partial charge on any atom is 0.338 e. The van der Waals surface area contributed by atoms with Crippen molar-refractivity contribution >= 4 is 17.6 Å². The lowest BCUT2D eigenvalue weighted by Gasteiger charge is -2.15. The van der Waals surface area contributed by atoms with Gasteiger partial charge in [-0.15, -0.1) is 4.91 Å². The van der Waals surface area contributed by atoms with Gasteiger partial charge in [0.2, 0.25) is 5.96 Å². The fraction of sp³-hybridized carbons (Fsp3) is 0.273. The van der Waals surface area contributed by atoms with E-state index >= 15 is 0 Å². The number of anilines is 1. The van der Waals surface area contributed by atoms with Crippen molar-refractivity contribution in [3.05, 3.63) is 34.2 Å². The highest BCUT2D eigenvalue weighted by molar-refractivity contribution is 5.96. The molecule has 0 heterocycles. The van der Waals surface area contributed by atoms with Crippen LogP contribution >= 0.6 is 0 Å². The number of carbonyl (C=O) groups is 1. The number of rotatable bonds is 4. The van der Waals surface area contributed by atoms with Crippen molar-refractivity contribution in [2.24, 2.45) is 11.0 Å². The molecule has 0 saturated heterocycles. The molecule has 0 aromatic heterocycles. The molecule has 0 saturated carbocycles. The normalized spacial score (nSPS) is 9.67. The van der Waals surface area contributed by atoms with Crippen molar-refractivity contribution in [1.82, 2.24) is 0 Å². The summed E-state index contributed by atoms with van der Waals surface area (Å²) in [5, 5.41) is 10.6. The SMILES string of the molecule is CCOC(=O)c1ccc(C)c(N(N=O)C(=N)N)c1. The van der Waals surface area contributed by atoms with Crippen LogP contribution in [0.25, 0.3) is 0 Å². The van der Waals surface area contributed by atoms with Gasteiger partial charge in [-0.2, -0.15) is 5.01 Å². The molecule has 96 valence electrons. The molecule has 0 atom stereocenters. The average molecular weight is 250 g/mol. The molecule has 1 rings (SSSR count). The van der Waals surface area contributed by atoms with E-state index in [1.165, 1.54) is 6.07 Å². The summed E-state index contributed by atoms with van der Waals surface area (Å²) in [7, 11) is 0. The van der Waals surface area contributed by atoms with Gasteiger partial charge in [-0.3, -0.25) is 5.41 Å². The van der Waals surface area contributed by atoms with E-state index in [2.05, 4.69) is 5.29 Å². The number of ether oxygens (including phenoxy) is 1. The quantitative estimate of drug-likeness (QED) is 0.277. The minimum Gasteiger partial charge on any atom is -0.462 e. The van der Waals surface area contributed by atoms with Crippen LogP contribution in [-0.4, -0.2) is 18.5 Å². The zero-order valence-corrected chi connectivity index (χ0v) is 10.1. The van der Waals surface area contributed by atoms with Crippen molar-refractivity contribution in [3.8, 4) is 0 Å². The van der Waals surface area contributed by atoms with Gasteiger partial charge < -0.3 is 10.5 Å². The lowest BCUT2D eigenvalue weighted by Crippen LogP contribution is -2.32. The first-order chi connectivity index (χ1) is 8.51. The Hall–Kier alpha value is -2.44. The third kappa shape index (κ3) is 2.82. The smallest absolute Gasteiger partial charge is 0.338 e. The number of hydrogen-bond donors (Lipinski definition) is 2. The third-order valence-electron chi connectivity index (χ3n) is 2.26. The number of esters is 1. The summed E-state index contributed by atoms with van der Waals surface area (Å²) in [5.41, 5.74) is 6.45. The predicted molar refractivity (Wildman–Crippen MR) is 67.3 cm³/mol. The number of nitrogens with two attached hydrogens (primary N) is 1. The van der Waals surface area contributed by atoms with E-state index in [0.29, 0.717) is 10.6 Å². The van der Waals surface area contributed by atoms with Crippen LogP contribution in [0.1, 0.15) is 22.8 Å². The number of carbonyl (C=O) groups excluding carboxylic acids is 1. The standard InChI is InChI=1S/C11H14N4O3/c1-3-18-10(16)8-5-4-7(2)9(6-8)15(14-17)11(12)13/h4-6H,3H2,1-2H3,(H3,12,13). The van der Waals surface area contributed by atoms with Crippen LogP contribution in [-0.2, 0) is 4.74 Å². The third-order valence-corrected chi connectivity index (χ3v) is 2.26. The second-order valence-electron chi connectivity index (χ2n) is 3.50. The highest BCUT2D eigenvalue weighted by Gasteiger charge is 2.16. The molecule has 1 aromatic carbocycles. The first kappa shape index (κ1) is 13.6. The average Bonchev–Trinajstić information content (AvgIpc) is 2.32. The van der Waals surface area contributed by atoms with E-state index in [1.54, 1.807) is 26.0 Å². The Morgan fingerprint density at radius 3 is 2.72 bits per heavy atom. The molecule has 7 heteroatoms. The topological polar surface area (TPSA) is 109 Å². The number of aryl methyl sites for hydroxylation is 1. The predicted octanol–water partition coefficient (Wildman–Crippen LogP) is 1.55. The highest BCUT2D eigenvalue weighted by atomic mass is 16.5. The minimum absolute atomic E-state index is 0.254. The molecule has 0 radical (unpaired) electrons. The Morgan fingerprint density at radius 2 is 2.22 bits per heavy atom. The molecule has 0 bridgehead atoms. The van der Waals surface area contributed by atoms with Crippen molar-refractivity contribution in [1.29, 1.82) is 5.41 Å². The molecule has 0 amide bonds. The number of nitrogens with one attached hydrogen (secondary N) is 1. The molecule has 18 heavy (non-hydrogen) atoms. The van der Waals surface area contributed by atoms with Gasteiger partial charge in [-0.25, -0.2) is 4.79 Å². The Bertz CT molecular complexity index is 487. The van der Waals surface area contributed by atoms with E-state index in [-0.39, 0.29) is 17.9 Å². The van der Waals surface area contributed by atoms with Crippen LogP contribution < -0.4 is 10.7 Å². The lowest BCUT2D eigenvalue weighted by atomic mass is 10.1. The van der Waals surface area contributed by atoms with Gasteiger partial charge >= 0.3 is 5.97 Å². The first-order valence-electron chi connectivity index (χ1n) is 5.26. The molecule has 0 unspecified atom stereocenters. The molecule has 1 aromatic rings. The molecular formula is C11H14N4O3. The van der Waals surface area contributed by atoms with Gasteiger partial charge in [0.1, 0.15) is 0 Å². The summed E-state index contributed by atoms with van der Waals surface area (Å²) in [6.07, 6.45) is 0. The van der Waals surface area contributed by atoms with Gasteiger partial charge in [0.05, 0.1) is 23.1 Å². The van der Waals surface area contributed by atoms with E-state index < -0.39 is 11.9 Å². The number of hydrogen-bond acceptors (Lipinski definition) is 5. The number of guanidine groups is 1. The maximum absolute atomic E-state index is 11.6. The van der Waals surface area contributed by atoms with Gasteiger partial charge in [-0.1, -0.05) is 6.07 Å². The summed E-state index contributed by atoms with van der Waals surface area (Å²) in [4.78, 5) is 22.2. The van der Waals surface area contributed by atoms with Crippen molar-refractivity contribution in [3.63, 3.8) is 0 Å². The molecule has 0 aliphatic rings. The molecule has 0 aliphatic heterocycles. The molecule has 0 spiro atoms. The zero-order chi connectivity index (χ0) is 13.7. The molecule has 3 N–H and O–H groups in total. The van der Waals surface area contributed by atoms with E-state index in [9.17, 15) is 9.70 Å². The summed E-state index contributed by atoms with van der Waals surface area (Å²) >= 11 is 0. The van der Waals surface area contributed by atoms with Crippen molar-refractivity contribution in [2.45, 2.75) is 13.8 Å². The van der Waals surface area contributed by atoms with Crippen LogP contribution in [0.15, 0.2) is 23.5 Å². The van der Waals surface area contributed by atoms with Crippen molar-refractivity contribution < 1.29 is 9.53 Å². The van der Waals surface area contributed by atoms with Crippen LogP contribution in [0, 0.1) is 17.2 Å². The monoisotopic (exact) mass is 250 g/mol. The fourth-order valence-electron chi connectivity index (χ4n) is 1.40. The lowest BCUT2D eigenvalue weighted by molar-refractivity contribution is 0.0526. The Labute approximate surface area is 104 Å². The summed E-state index contributed by atoms with van der Waals surface area (Å²) in [5.74, 6) is -1.03. The van der Waals surface area contributed by atoms with Gasteiger partial charge in [-0.05, 0) is 31.5 Å². The fourth-order valence-corrected chi connectivity index (χ4v) is 1.40. The Kier molecular flexibility index (Phi) is 4.36. The van der Waals surface area contributed by atoms with Crippen LogP contribution in [0.4, 0.5) is 5.69 Å². The van der Waals surface area contributed by atoms with E-state index in [4.69, 9.17) is 15.9 Å². The molecule has 7 nitrogen and oxygen atoms in total. The largest absolute Gasteiger partial charge is 0.462 e. The van der Waals surface area contributed by atoms with Crippen LogP contribution in [0.5, 0.6) is 0 Å². The van der Waals surface area contributed by atoms with Gasteiger partial charge in [0.15, 0.2) is 0 Å². The van der Waals surface area contributed by atoms with Crippen LogP contribution in [0.2, 0.25) is 0 Å². The van der Waals surface area contributed by atoms with Gasteiger partial charge in [0, 0.05) is 0 Å². The number of benzene rings is 1. The maximum atomic E-state index is 11.6. The summed E-state index contributed by atoms with van der Waals surface area (Å²) in [6.45, 7) is 3.66. The number of nitroso groups, excluding NO2 is 1. The van der Waals surface area contributed by atoms with Crippen molar-refractivity contribution in [2.75, 3.05) is 11.6 Å². The van der Waals surface area contributed by atoms with Crippen LogP contribution in [0.3, 0.4) is 0 Å². The minimum atomic E-state index is -0.519. The molecule has 0 aliphatic carbocycles. The first-order valence-corrected chi connectivity index (χ1v) is 5.26. The second-order valence-corrected chi connectivity index (χ2v) is 3.50. The van der Waals surface area contributed by atoms with Gasteiger partial charge in [0.25, 0.3) is 0 Å². The summed E-state index contributed by atoms with van der Waals surface area (Å²) in [6, 6.07) is 4.61. The highest BCUT2D eigenvalue weighted by Crippen LogP contribution is 2.22. The Morgan fingerprint density at radius 1 is 1.56 bits per heavy atom. The molecule has 0 fully saturated rings. The Balaban J connectivity index is 3.19. The summed E-state index contributed by atoms with van der Waals surface area (Å²) < 4.78 is 4.85. The van der Waals surface area contributed by atoms with E-state index in [1.807, 2.05) is 0 Å². The number of nitrogens with zero attached hydrogens (tertiary/aromatic N) is 2. The second kappa shape index (κ2) is 5.76. The zero-order valence-electron chi connectivity index (χ0n) is 10.1. The van der Waals surface area contributed by atoms with E-state index in [0.717, 1.165) is 0 Å².